The van der Waals surface area contributed by atoms with Crippen LogP contribution in [-0.2, 0) is 9.53 Å². The van der Waals surface area contributed by atoms with Gasteiger partial charge in [0, 0.05) is 6.42 Å². The molecule has 2 heteroatoms. The molecule has 280 valence electrons. The first-order valence-electron chi connectivity index (χ1n) is 22.0. The average Bonchev–Trinajstić information content (AvgIpc) is 3.06. The van der Waals surface area contributed by atoms with Crippen molar-refractivity contribution in [2.75, 3.05) is 6.61 Å². The number of esters is 1. The van der Waals surface area contributed by atoms with E-state index >= 15 is 0 Å². The molecule has 0 saturated heterocycles. The van der Waals surface area contributed by atoms with Crippen LogP contribution in [-0.4, -0.2) is 12.6 Å². The third kappa shape index (κ3) is 43.2. The van der Waals surface area contributed by atoms with Gasteiger partial charge in [0.25, 0.3) is 0 Å². The van der Waals surface area contributed by atoms with E-state index in [1.54, 1.807) is 0 Å². The lowest BCUT2D eigenvalue weighted by molar-refractivity contribution is -0.143. The Morgan fingerprint density at radius 2 is 0.745 bits per heavy atom. The Labute approximate surface area is 297 Å². The summed E-state index contributed by atoms with van der Waals surface area (Å²) in [7, 11) is 0. The normalized spacial score (nSPS) is 11.7. The van der Waals surface area contributed by atoms with Crippen molar-refractivity contribution in [3.8, 4) is 0 Å². The first-order valence-corrected chi connectivity index (χ1v) is 22.0. The first-order chi connectivity index (χ1) is 23.2. The highest BCUT2D eigenvalue weighted by molar-refractivity contribution is 5.69. The molecule has 0 fully saturated rings. The van der Waals surface area contributed by atoms with Crippen LogP contribution in [0.25, 0.3) is 0 Å². The van der Waals surface area contributed by atoms with Crippen LogP contribution in [0.5, 0.6) is 0 Å². The summed E-state index contributed by atoms with van der Waals surface area (Å²) in [5.41, 5.74) is 0. The standard InChI is InChI=1S/C45H88O2/c1-4-5-6-7-8-9-10-11-20-24-27-30-33-36-39-42-45(46)47-43-40-37-34-31-28-25-22-19-17-15-13-12-14-16-18-21-23-26-29-32-35-38-41-44(2)3/h11,20,44H,4-10,12-19,21-43H2,1-3H3/b20-11-. The third-order valence-corrected chi connectivity index (χ3v) is 10.1. The fourth-order valence-electron chi connectivity index (χ4n) is 6.79. The molecule has 0 saturated carbocycles. The van der Waals surface area contributed by atoms with Crippen LogP contribution >= 0.6 is 0 Å². The number of carbonyl (C=O) groups excluding carboxylic acids is 1. The summed E-state index contributed by atoms with van der Waals surface area (Å²) in [6.45, 7) is 7.59. The van der Waals surface area contributed by atoms with Crippen molar-refractivity contribution in [1.29, 1.82) is 0 Å². The number of hydrogen-bond donors (Lipinski definition) is 0. The predicted octanol–water partition coefficient (Wildman–Crippen LogP) is 16.2. The van der Waals surface area contributed by atoms with E-state index in [0.29, 0.717) is 13.0 Å². The SMILES string of the molecule is CCCCCCCC/C=C\CCCCCCCC(=O)OCCCCCCCCCCCCCCCCCCCCCCCCC(C)C. The highest BCUT2D eigenvalue weighted by atomic mass is 16.5. The lowest BCUT2D eigenvalue weighted by Gasteiger charge is -2.06. The van der Waals surface area contributed by atoms with Gasteiger partial charge in [-0.15, -0.1) is 0 Å². The number of hydrogen-bond acceptors (Lipinski definition) is 2. The van der Waals surface area contributed by atoms with Gasteiger partial charge in [0.1, 0.15) is 0 Å². The summed E-state index contributed by atoms with van der Waals surface area (Å²) in [5.74, 6) is 0.905. The van der Waals surface area contributed by atoms with Gasteiger partial charge >= 0.3 is 5.97 Å². The van der Waals surface area contributed by atoms with Gasteiger partial charge in [-0.3, -0.25) is 4.79 Å². The van der Waals surface area contributed by atoms with E-state index in [2.05, 4.69) is 32.9 Å². The Morgan fingerprint density at radius 3 is 1.13 bits per heavy atom. The van der Waals surface area contributed by atoms with Crippen LogP contribution in [0.15, 0.2) is 12.2 Å². The highest BCUT2D eigenvalue weighted by Crippen LogP contribution is 2.16. The zero-order valence-corrected chi connectivity index (χ0v) is 32.9. The Kier molecular flexibility index (Phi) is 40.7. The summed E-state index contributed by atoms with van der Waals surface area (Å²) in [4.78, 5) is 12.0. The Bertz CT molecular complexity index is 609. The molecule has 0 rings (SSSR count). The van der Waals surface area contributed by atoms with Gasteiger partial charge in [0.15, 0.2) is 0 Å². The molecule has 0 aromatic rings. The number of allylic oxidation sites excluding steroid dienone is 2. The smallest absolute Gasteiger partial charge is 0.305 e. The lowest BCUT2D eigenvalue weighted by Crippen LogP contribution is -2.05. The monoisotopic (exact) mass is 661 g/mol. The van der Waals surface area contributed by atoms with Crippen LogP contribution in [0, 0.1) is 5.92 Å². The summed E-state index contributed by atoms with van der Waals surface area (Å²) in [6, 6.07) is 0. The molecule has 0 aliphatic rings. The second kappa shape index (κ2) is 41.4. The van der Waals surface area contributed by atoms with E-state index in [1.807, 2.05) is 0 Å². The summed E-state index contributed by atoms with van der Waals surface area (Å²) >= 11 is 0. The van der Waals surface area contributed by atoms with Crippen molar-refractivity contribution in [3.05, 3.63) is 12.2 Å². The third-order valence-electron chi connectivity index (χ3n) is 10.1. The van der Waals surface area contributed by atoms with Gasteiger partial charge in [-0.1, -0.05) is 226 Å². The maximum Gasteiger partial charge on any atom is 0.305 e. The number of ether oxygens (including phenoxy) is 1. The number of unbranched alkanes of at least 4 members (excludes halogenated alkanes) is 32. The molecular formula is C45H88O2. The minimum Gasteiger partial charge on any atom is -0.466 e. The van der Waals surface area contributed by atoms with Crippen LogP contribution in [0.2, 0.25) is 0 Å². The summed E-state index contributed by atoms with van der Waals surface area (Å²) in [5, 5.41) is 0. The van der Waals surface area contributed by atoms with Gasteiger partial charge in [-0.2, -0.15) is 0 Å². The van der Waals surface area contributed by atoms with E-state index < -0.39 is 0 Å². The van der Waals surface area contributed by atoms with Gasteiger partial charge in [-0.05, 0) is 44.4 Å². The second-order valence-electron chi connectivity index (χ2n) is 15.5. The molecule has 0 aromatic carbocycles. The Hall–Kier alpha value is -0.790. The van der Waals surface area contributed by atoms with Gasteiger partial charge in [-0.25, -0.2) is 0 Å². The van der Waals surface area contributed by atoms with E-state index in [0.717, 1.165) is 25.2 Å². The Morgan fingerprint density at radius 1 is 0.426 bits per heavy atom. The largest absolute Gasteiger partial charge is 0.466 e. The van der Waals surface area contributed by atoms with Crippen LogP contribution in [0.3, 0.4) is 0 Å². The molecule has 0 radical (unpaired) electrons. The van der Waals surface area contributed by atoms with E-state index in [-0.39, 0.29) is 5.97 Å². The maximum atomic E-state index is 12.0. The second-order valence-corrected chi connectivity index (χ2v) is 15.5. The van der Waals surface area contributed by atoms with Crippen molar-refractivity contribution >= 4 is 5.97 Å². The molecule has 0 atom stereocenters. The van der Waals surface area contributed by atoms with Crippen LogP contribution < -0.4 is 0 Å². The van der Waals surface area contributed by atoms with Crippen molar-refractivity contribution in [2.45, 2.75) is 258 Å². The van der Waals surface area contributed by atoms with Crippen molar-refractivity contribution in [2.24, 2.45) is 5.92 Å². The number of rotatable bonds is 40. The van der Waals surface area contributed by atoms with E-state index in [4.69, 9.17) is 4.74 Å². The van der Waals surface area contributed by atoms with E-state index in [1.165, 1.54) is 212 Å². The minimum absolute atomic E-state index is 0.0199. The zero-order chi connectivity index (χ0) is 34.1. The Balaban J connectivity index is 3.17. The fraction of sp³-hybridized carbons (Fsp3) is 0.933. The quantitative estimate of drug-likeness (QED) is 0.0371. The van der Waals surface area contributed by atoms with Crippen molar-refractivity contribution < 1.29 is 9.53 Å². The lowest BCUT2D eigenvalue weighted by atomic mass is 10.0. The fourth-order valence-corrected chi connectivity index (χ4v) is 6.79. The van der Waals surface area contributed by atoms with Crippen LogP contribution in [0.1, 0.15) is 258 Å². The zero-order valence-electron chi connectivity index (χ0n) is 32.9. The summed E-state index contributed by atoms with van der Waals surface area (Å²) < 4.78 is 5.47. The maximum absolute atomic E-state index is 12.0. The molecule has 0 N–H and O–H groups in total. The predicted molar refractivity (Wildman–Crippen MR) is 211 cm³/mol. The summed E-state index contributed by atoms with van der Waals surface area (Å²) in [6.07, 6.45) is 54.6. The molecule has 0 aliphatic carbocycles. The topological polar surface area (TPSA) is 26.3 Å². The molecule has 0 unspecified atom stereocenters. The molecule has 0 spiro atoms. The van der Waals surface area contributed by atoms with Gasteiger partial charge < -0.3 is 4.74 Å². The molecule has 0 aliphatic heterocycles. The minimum atomic E-state index is 0.0199. The molecule has 0 bridgehead atoms. The van der Waals surface area contributed by atoms with Gasteiger partial charge in [0.2, 0.25) is 0 Å². The highest BCUT2D eigenvalue weighted by Gasteiger charge is 2.03. The van der Waals surface area contributed by atoms with Crippen LogP contribution in [0.4, 0.5) is 0 Å². The molecule has 0 aromatic heterocycles. The van der Waals surface area contributed by atoms with Gasteiger partial charge in [0.05, 0.1) is 6.61 Å². The van der Waals surface area contributed by atoms with Crippen molar-refractivity contribution in [3.63, 3.8) is 0 Å². The molecule has 47 heavy (non-hydrogen) atoms. The van der Waals surface area contributed by atoms with Crippen molar-refractivity contribution in [1.82, 2.24) is 0 Å². The molecule has 0 heterocycles. The molecule has 0 amide bonds. The number of carbonyl (C=O) groups is 1. The average molecular weight is 661 g/mol. The molecule has 2 nitrogen and oxygen atoms in total. The van der Waals surface area contributed by atoms with E-state index in [9.17, 15) is 4.79 Å². The first kappa shape index (κ1) is 46.2. The molecular weight excluding hydrogens is 572 g/mol.